The largest absolute Gasteiger partial charge is 0.495 e. The van der Waals surface area contributed by atoms with E-state index in [4.69, 9.17) is 4.74 Å². The summed E-state index contributed by atoms with van der Waals surface area (Å²) in [6.07, 6.45) is 5.48. The van der Waals surface area contributed by atoms with Crippen LogP contribution in [-0.4, -0.2) is 32.4 Å². The molecule has 0 bridgehead atoms. The van der Waals surface area contributed by atoms with Crippen molar-refractivity contribution in [3.63, 3.8) is 0 Å². The Bertz CT molecular complexity index is 171. The highest BCUT2D eigenvalue weighted by molar-refractivity contribution is 5.65. The first-order valence-electron chi connectivity index (χ1n) is 3.24. The van der Waals surface area contributed by atoms with E-state index in [0.29, 0.717) is 12.0 Å². The number of hydrogen-bond donors (Lipinski definition) is 0. The summed E-state index contributed by atoms with van der Waals surface area (Å²) < 4.78 is 4.94. The zero-order valence-corrected chi connectivity index (χ0v) is 7.07. The van der Waals surface area contributed by atoms with Crippen LogP contribution in [0, 0.1) is 0 Å². The van der Waals surface area contributed by atoms with Crippen molar-refractivity contribution in [1.82, 2.24) is 4.90 Å². The first-order valence-corrected chi connectivity index (χ1v) is 3.24. The van der Waals surface area contributed by atoms with Crippen LogP contribution in [-0.2, 0) is 9.53 Å². The van der Waals surface area contributed by atoms with Gasteiger partial charge in [0, 0.05) is 20.3 Å². The molecule has 0 spiro atoms. The SMILES string of the molecule is COC(/C=C\C=O)=C/N(C)C. The minimum absolute atomic E-state index is 0.655. The third kappa shape index (κ3) is 5.21. The molecule has 0 N–H and O–H groups in total. The summed E-state index contributed by atoms with van der Waals surface area (Å²) in [5, 5.41) is 0. The standard InChI is InChI=1S/C8H13NO2/c1-9(2)7-8(11-3)5-4-6-10/h4-7H,1-3H3/b5-4-,8-7+. The Balaban J connectivity index is 4.15. The molecule has 0 saturated heterocycles. The van der Waals surface area contributed by atoms with Crippen LogP contribution in [0.2, 0.25) is 0 Å². The van der Waals surface area contributed by atoms with Gasteiger partial charge in [0.05, 0.1) is 7.11 Å². The van der Waals surface area contributed by atoms with E-state index in [1.165, 1.54) is 6.08 Å². The van der Waals surface area contributed by atoms with Gasteiger partial charge in [-0.1, -0.05) is 0 Å². The second kappa shape index (κ2) is 5.53. The Kier molecular flexibility index (Phi) is 4.90. The van der Waals surface area contributed by atoms with Crippen molar-refractivity contribution in [1.29, 1.82) is 0 Å². The summed E-state index contributed by atoms with van der Waals surface area (Å²) in [5.41, 5.74) is 0. The lowest BCUT2D eigenvalue weighted by atomic mass is 10.4. The smallest absolute Gasteiger partial charge is 0.142 e. The number of ether oxygens (including phenoxy) is 1. The summed E-state index contributed by atoms with van der Waals surface area (Å²) in [4.78, 5) is 11.8. The predicted octanol–water partition coefficient (Wildman–Crippen LogP) is 0.791. The van der Waals surface area contributed by atoms with Crippen molar-refractivity contribution in [2.45, 2.75) is 0 Å². The average molecular weight is 155 g/mol. The molecule has 0 aromatic heterocycles. The Morgan fingerprint density at radius 3 is 2.45 bits per heavy atom. The molecular weight excluding hydrogens is 142 g/mol. The molecule has 11 heavy (non-hydrogen) atoms. The molecule has 3 heteroatoms. The number of carbonyl (C=O) groups is 1. The fourth-order valence-corrected chi connectivity index (χ4v) is 0.552. The van der Waals surface area contributed by atoms with Crippen molar-refractivity contribution in [2.24, 2.45) is 0 Å². The number of aldehydes is 1. The van der Waals surface area contributed by atoms with Crippen LogP contribution in [0.4, 0.5) is 0 Å². The zero-order chi connectivity index (χ0) is 8.69. The third-order valence-corrected chi connectivity index (χ3v) is 0.960. The second-order valence-electron chi connectivity index (χ2n) is 2.19. The fourth-order valence-electron chi connectivity index (χ4n) is 0.552. The van der Waals surface area contributed by atoms with Gasteiger partial charge in [-0.25, -0.2) is 0 Å². The van der Waals surface area contributed by atoms with Gasteiger partial charge in [0.25, 0.3) is 0 Å². The van der Waals surface area contributed by atoms with Gasteiger partial charge in [0.1, 0.15) is 12.0 Å². The molecule has 3 nitrogen and oxygen atoms in total. The maximum atomic E-state index is 9.93. The molecule has 0 fully saturated rings. The molecule has 0 amide bonds. The molecule has 0 aliphatic rings. The van der Waals surface area contributed by atoms with Gasteiger partial charge in [-0.2, -0.15) is 0 Å². The van der Waals surface area contributed by atoms with Gasteiger partial charge >= 0.3 is 0 Å². The fraction of sp³-hybridized carbons (Fsp3) is 0.375. The van der Waals surface area contributed by atoms with E-state index in [0.717, 1.165) is 0 Å². The van der Waals surface area contributed by atoms with Crippen molar-refractivity contribution in [2.75, 3.05) is 21.2 Å². The maximum Gasteiger partial charge on any atom is 0.142 e. The van der Waals surface area contributed by atoms with Crippen molar-refractivity contribution in [3.05, 3.63) is 24.1 Å². The lowest BCUT2D eigenvalue weighted by Crippen LogP contribution is -2.02. The van der Waals surface area contributed by atoms with Crippen LogP contribution < -0.4 is 0 Å². The van der Waals surface area contributed by atoms with E-state index in [1.54, 1.807) is 19.4 Å². The predicted molar refractivity (Wildman–Crippen MR) is 44.0 cm³/mol. The molecule has 0 aromatic rings. The second-order valence-corrected chi connectivity index (χ2v) is 2.19. The van der Waals surface area contributed by atoms with Crippen molar-refractivity contribution >= 4 is 6.29 Å². The maximum absolute atomic E-state index is 9.93. The van der Waals surface area contributed by atoms with Gasteiger partial charge in [0.2, 0.25) is 0 Å². The Hall–Kier alpha value is -1.25. The topological polar surface area (TPSA) is 29.5 Å². The van der Waals surface area contributed by atoms with Crippen LogP contribution in [0.15, 0.2) is 24.1 Å². The summed E-state index contributed by atoms with van der Waals surface area (Å²) in [7, 11) is 5.33. The number of allylic oxidation sites excluding steroid dienone is 2. The molecule has 0 atom stereocenters. The van der Waals surface area contributed by atoms with E-state index in [-0.39, 0.29) is 0 Å². The van der Waals surface area contributed by atoms with Gasteiger partial charge in [-0.3, -0.25) is 4.79 Å². The molecule has 0 radical (unpaired) electrons. The monoisotopic (exact) mass is 155 g/mol. The minimum Gasteiger partial charge on any atom is -0.495 e. The molecule has 0 saturated carbocycles. The first-order chi connectivity index (χ1) is 5.20. The number of carbonyl (C=O) groups excluding carboxylic acids is 1. The van der Waals surface area contributed by atoms with Crippen LogP contribution in [0.1, 0.15) is 0 Å². The van der Waals surface area contributed by atoms with E-state index < -0.39 is 0 Å². The van der Waals surface area contributed by atoms with E-state index >= 15 is 0 Å². The van der Waals surface area contributed by atoms with Gasteiger partial charge in [0.15, 0.2) is 0 Å². The Morgan fingerprint density at radius 2 is 2.09 bits per heavy atom. The van der Waals surface area contributed by atoms with Gasteiger partial charge < -0.3 is 9.64 Å². The lowest BCUT2D eigenvalue weighted by Gasteiger charge is -2.06. The molecule has 0 rings (SSSR count). The molecule has 0 aliphatic heterocycles. The minimum atomic E-state index is 0.655. The summed E-state index contributed by atoms with van der Waals surface area (Å²) in [6, 6.07) is 0. The average Bonchev–Trinajstić information content (AvgIpc) is 1.97. The highest BCUT2D eigenvalue weighted by Gasteiger charge is 1.88. The molecule has 0 aromatic carbocycles. The molecule has 0 aliphatic carbocycles. The number of methoxy groups -OCH3 is 1. The normalized spacial score (nSPS) is 11.7. The Morgan fingerprint density at radius 1 is 1.45 bits per heavy atom. The molecule has 0 heterocycles. The highest BCUT2D eigenvalue weighted by atomic mass is 16.5. The van der Waals surface area contributed by atoms with Crippen molar-refractivity contribution in [3.8, 4) is 0 Å². The first kappa shape index (κ1) is 9.75. The van der Waals surface area contributed by atoms with Crippen LogP contribution in [0.25, 0.3) is 0 Å². The van der Waals surface area contributed by atoms with E-state index in [2.05, 4.69) is 0 Å². The quantitative estimate of drug-likeness (QED) is 0.260. The molecule has 62 valence electrons. The number of rotatable bonds is 4. The van der Waals surface area contributed by atoms with E-state index in [9.17, 15) is 4.79 Å². The third-order valence-electron chi connectivity index (χ3n) is 0.960. The number of hydrogen-bond acceptors (Lipinski definition) is 3. The zero-order valence-electron chi connectivity index (χ0n) is 7.07. The van der Waals surface area contributed by atoms with Crippen LogP contribution in [0.5, 0.6) is 0 Å². The highest BCUT2D eigenvalue weighted by Crippen LogP contribution is 1.97. The summed E-state index contributed by atoms with van der Waals surface area (Å²) in [6.45, 7) is 0. The summed E-state index contributed by atoms with van der Waals surface area (Å²) in [5.74, 6) is 0.655. The van der Waals surface area contributed by atoms with E-state index in [1.807, 2.05) is 19.0 Å². The van der Waals surface area contributed by atoms with Crippen LogP contribution in [0.3, 0.4) is 0 Å². The summed E-state index contributed by atoms with van der Waals surface area (Å²) >= 11 is 0. The van der Waals surface area contributed by atoms with Crippen LogP contribution >= 0.6 is 0 Å². The molecular formula is C8H13NO2. The molecule has 0 unspecified atom stereocenters. The van der Waals surface area contributed by atoms with Gasteiger partial charge in [-0.15, -0.1) is 0 Å². The Labute approximate surface area is 66.9 Å². The van der Waals surface area contributed by atoms with Gasteiger partial charge in [-0.05, 0) is 12.2 Å². The lowest BCUT2D eigenvalue weighted by molar-refractivity contribution is -0.104. The number of nitrogens with zero attached hydrogens (tertiary/aromatic N) is 1. The van der Waals surface area contributed by atoms with Crippen molar-refractivity contribution < 1.29 is 9.53 Å².